The zero-order chi connectivity index (χ0) is 28.0. The van der Waals surface area contributed by atoms with E-state index in [2.05, 4.69) is 20.6 Å². The van der Waals surface area contributed by atoms with Gasteiger partial charge in [-0.25, -0.2) is 9.78 Å². The molecule has 2 atom stereocenters. The number of aliphatic hydroxyl groups excluding tert-OH is 1. The van der Waals surface area contributed by atoms with Gasteiger partial charge in [0.1, 0.15) is 17.6 Å². The summed E-state index contributed by atoms with van der Waals surface area (Å²) >= 11 is 0. The number of rotatable bonds is 10. The minimum absolute atomic E-state index is 0.0395. The molecule has 1 unspecified atom stereocenters. The Labute approximate surface area is 218 Å². The number of para-hydroxylation sites is 1. The van der Waals surface area contributed by atoms with E-state index < -0.39 is 41.0 Å². The van der Waals surface area contributed by atoms with Gasteiger partial charge in [0.25, 0.3) is 5.56 Å². The molecule has 0 aliphatic rings. The lowest BCUT2D eigenvalue weighted by Crippen LogP contribution is -2.44. The number of carbonyl (C=O) groups is 3. The number of hydrogen-bond donors (Lipinski definition) is 6. The third kappa shape index (κ3) is 7.07. The van der Waals surface area contributed by atoms with Crippen molar-refractivity contribution in [3.8, 4) is 0 Å². The van der Waals surface area contributed by atoms with Crippen molar-refractivity contribution in [1.29, 1.82) is 0 Å². The molecule has 7 N–H and O–H groups in total. The molecule has 1 aromatic carbocycles. The Morgan fingerprint density at radius 1 is 1.21 bits per heavy atom. The van der Waals surface area contributed by atoms with Crippen LogP contribution in [-0.2, 0) is 16.1 Å². The average molecular weight is 525 g/mol. The molecule has 0 saturated carbocycles. The number of H-pyrrole nitrogens is 1. The smallest absolute Gasteiger partial charge is 0.405 e. The zero-order valence-corrected chi connectivity index (χ0v) is 21.4. The van der Waals surface area contributed by atoms with Gasteiger partial charge in [-0.2, -0.15) is 0 Å². The van der Waals surface area contributed by atoms with Gasteiger partial charge in [0.15, 0.2) is 0 Å². The second kappa shape index (κ2) is 11.7. The number of carboxylic acid groups (broad SMARTS) is 1. The van der Waals surface area contributed by atoms with Crippen molar-refractivity contribution in [3.63, 3.8) is 0 Å². The molecule has 0 aliphatic carbocycles. The number of pyridine rings is 1. The number of primary amides is 1. The third-order valence-electron chi connectivity index (χ3n) is 5.82. The fraction of sp³-hybridized carbons (Fsp3) is 0.346. The maximum Gasteiger partial charge on any atom is 0.405 e. The van der Waals surface area contributed by atoms with Crippen LogP contribution in [0.5, 0.6) is 0 Å². The third-order valence-corrected chi connectivity index (χ3v) is 5.82. The highest BCUT2D eigenvalue weighted by Gasteiger charge is 2.26. The summed E-state index contributed by atoms with van der Waals surface area (Å²) in [7, 11) is 0. The molecule has 12 nitrogen and oxygen atoms in total. The number of imidazole rings is 1. The molecule has 0 radical (unpaired) electrons. The van der Waals surface area contributed by atoms with Gasteiger partial charge in [-0.05, 0) is 42.5 Å². The first kappa shape index (κ1) is 28.1. The fourth-order valence-corrected chi connectivity index (χ4v) is 3.89. The van der Waals surface area contributed by atoms with Gasteiger partial charge in [0.2, 0.25) is 11.8 Å². The van der Waals surface area contributed by atoms with Crippen LogP contribution in [0.25, 0.3) is 11.0 Å². The number of allylic oxidation sites excluding steroid dienone is 1. The van der Waals surface area contributed by atoms with E-state index in [0.717, 1.165) is 6.08 Å². The van der Waals surface area contributed by atoms with Crippen LogP contribution in [-0.4, -0.2) is 48.7 Å². The van der Waals surface area contributed by atoms with E-state index in [9.17, 15) is 24.3 Å². The zero-order valence-electron chi connectivity index (χ0n) is 21.4. The fourth-order valence-electron chi connectivity index (χ4n) is 3.89. The van der Waals surface area contributed by atoms with Crippen LogP contribution in [0, 0.1) is 5.41 Å². The molecular weight excluding hydrogens is 492 g/mol. The number of nitrogens with zero attached hydrogens (tertiary/aromatic N) is 2. The molecule has 0 saturated heterocycles. The number of amides is 3. The van der Waals surface area contributed by atoms with Gasteiger partial charge in [0.05, 0.1) is 23.7 Å². The van der Waals surface area contributed by atoms with E-state index in [0.29, 0.717) is 22.4 Å². The number of aromatic nitrogens is 3. The van der Waals surface area contributed by atoms with Gasteiger partial charge in [-0.3, -0.25) is 14.4 Å². The molecule has 0 bridgehead atoms. The molecule has 3 rings (SSSR count). The summed E-state index contributed by atoms with van der Waals surface area (Å²) in [6.45, 7) is 5.85. The molecular formula is C26H32N6O6. The SMILES string of the molecule is CC(C)(C)C(O)c1cccc2[nH]c(Cn3cccc(NC(=O)[C@H](CC/C=C/C(N)=O)NC(=O)O)c3=O)nc12. The van der Waals surface area contributed by atoms with E-state index in [1.165, 1.54) is 22.9 Å². The summed E-state index contributed by atoms with van der Waals surface area (Å²) < 4.78 is 1.35. The van der Waals surface area contributed by atoms with Crippen LogP contribution >= 0.6 is 0 Å². The molecule has 2 aromatic heterocycles. The maximum atomic E-state index is 13.1. The van der Waals surface area contributed by atoms with Crippen molar-refractivity contribution in [2.45, 2.75) is 52.3 Å². The van der Waals surface area contributed by atoms with Gasteiger partial charge in [0, 0.05) is 11.8 Å². The minimum Gasteiger partial charge on any atom is -0.465 e. The van der Waals surface area contributed by atoms with Crippen molar-refractivity contribution in [2.75, 3.05) is 5.32 Å². The predicted octanol–water partition coefficient (Wildman–Crippen LogP) is 2.25. The molecule has 2 heterocycles. The summed E-state index contributed by atoms with van der Waals surface area (Å²) in [5, 5.41) is 24.5. The van der Waals surface area contributed by atoms with Gasteiger partial charge in [-0.1, -0.05) is 39.0 Å². The number of aromatic amines is 1. The van der Waals surface area contributed by atoms with E-state index in [-0.39, 0.29) is 25.1 Å². The Morgan fingerprint density at radius 3 is 2.61 bits per heavy atom. The number of benzene rings is 1. The normalized spacial score (nSPS) is 13.4. The van der Waals surface area contributed by atoms with Gasteiger partial charge >= 0.3 is 6.09 Å². The minimum atomic E-state index is -1.41. The summed E-state index contributed by atoms with van der Waals surface area (Å²) in [6.07, 6.45) is 2.19. The lowest BCUT2D eigenvalue weighted by molar-refractivity contribution is -0.118. The van der Waals surface area contributed by atoms with Gasteiger partial charge in [-0.15, -0.1) is 0 Å². The lowest BCUT2D eigenvalue weighted by Gasteiger charge is -2.26. The Balaban J connectivity index is 1.81. The predicted molar refractivity (Wildman–Crippen MR) is 141 cm³/mol. The molecule has 12 heteroatoms. The Hall–Kier alpha value is -4.45. The van der Waals surface area contributed by atoms with Crippen molar-refractivity contribution in [3.05, 3.63) is 70.4 Å². The number of carbonyl (C=O) groups excluding carboxylic acids is 2. The van der Waals surface area contributed by atoms with Crippen LogP contribution in [0.15, 0.2) is 53.5 Å². The second-order valence-electron chi connectivity index (χ2n) is 9.92. The van der Waals surface area contributed by atoms with Crippen LogP contribution < -0.4 is 21.9 Å². The quantitative estimate of drug-likeness (QED) is 0.219. The second-order valence-corrected chi connectivity index (χ2v) is 9.92. The van der Waals surface area contributed by atoms with Crippen molar-refractivity contribution >= 4 is 34.6 Å². The van der Waals surface area contributed by atoms with E-state index >= 15 is 0 Å². The molecule has 3 amide bonds. The largest absolute Gasteiger partial charge is 0.465 e. The number of aliphatic hydroxyl groups is 1. The number of anilines is 1. The highest BCUT2D eigenvalue weighted by atomic mass is 16.4. The first-order valence-electron chi connectivity index (χ1n) is 12.0. The summed E-state index contributed by atoms with van der Waals surface area (Å²) in [6, 6.07) is 7.29. The topological polar surface area (TPSA) is 192 Å². The molecule has 202 valence electrons. The number of nitrogens with one attached hydrogen (secondary N) is 3. The van der Waals surface area contributed by atoms with Crippen LogP contribution in [0.3, 0.4) is 0 Å². The van der Waals surface area contributed by atoms with Crippen LogP contribution in [0.1, 0.15) is 51.1 Å². The molecule has 0 spiro atoms. The van der Waals surface area contributed by atoms with Crippen LogP contribution in [0.4, 0.5) is 10.5 Å². The first-order valence-corrected chi connectivity index (χ1v) is 12.0. The first-order chi connectivity index (χ1) is 17.9. The monoisotopic (exact) mass is 524 g/mol. The maximum absolute atomic E-state index is 13.1. The van der Waals surface area contributed by atoms with Gasteiger partial charge < -0.3 is 36.1 Å². The van der Waals surface area contributed by atoms with E-state index in [4.69, 9.17) is 10.8 Å². The molecule has 0 fully saturated rings. The standard InChI is InChI=1S/C26H32N6O6/c1-26(2,3)22(34)15-8-6-10-16-21(15)31-20(28-16)14-32-13-7-11-18(24(32)36)29-23(35)17(30-25(37)38)9-4-5-12-19(27)33/h5-8,10-13,17,22,30,34H,4,9,14H2,1-3H3,(H2,27,33)(H,28,31)(H,29,35)(H,37,38)/b12-5+/t17-,22?/m0/s1. The lowest BCUT2D eigenvalue weighted by atomic mass is 9.84. The Morgan fingerprint density at radius 2 is 1.95 bits per heavy atom. The average Bonchev–Trinajstić information content (AvgIpc) is 3.24. The van der Waals surface area contributed by atoms with Crippen molar-refractivity contribution in [2.24, 2.45) is 11.1 Å². The molecule has 38 heavy (non-hydrogen) atoms. The number of hydrogen-bond acceptors (Lipinski definition) is 6. The number of nitrogens with two attached hydrogens (primary N) is 1. The number of fused-ring (bicyclic) bond motifs is 1. The Bertz CT molecular complexity index is 1420. The summed E-state index contributed by atoms with van der Waals surface area (Å²) in [4.78, 5) is 55.6. The van der Waals surface area contributed by atoms with E-state index in [1.807, 2.05) is 39.0 Å². The highest BCUT2D eigenvalue weighted by Crippen LogP contribution is 2.35. The van der Waals surface area contributed by atoms with Crippen molar-refractivity contribution in [1.82, 2.24) is 19.9 Å². The Kier molecular flexibility index (Phi) is 8.68. The highest BCUT2D eigenvalue weighted by molar-refractivity contribution is 5.96. The van der Waals surface area contributed by atoms with Crippen LogP contribution in [0.2, 0.25) is 0 Å². The van der Waals surface area contributed by atoms with Crippen molar-refractivity contribution < 1.29 is 24.6 Å². The summed E-state index contributed by atoms with van der Waals surface area (Å²) in [5.74, 6) is -0.904. The molecule has 3 aromatic rings. The molecule has 0 aliphatic heterocycles. The summed E-state index contributed by atoms with van der Waals surface area (Å²) in [5.41, 5.74) is 6.07. The van der Waals surface area contributed by atoms with E-state index in [1.54, 1.807) is 6.07 Å².